The summed E-state index contributed by atoms with van der Waals surface area (Å²) in [4.78, 5) is 14.3. The van der Waals surface area contributed by atoms with Gasteiger partial charge in [0.05, 0.1) is 5.56 Å². The molecule has 1 aromatic carbocycles. The molecule has 1 amide bonds. The molecule has 0 spiro atoms. The van der Waals surface area contributed by atoms with Crippen molar-refractivity contribution in [1.82, 2.24) is 4.90 Å². The van der Waals surface area contributed by atoms with Crippen molar-refractivity contribution in [2.24, 2.45) is 0 Å². The molecule has 21 heavy (non-hydrogen) atoms. The lowest BCUT2D eigenvalue weighted by Crippen LogP contribution is -2.47. The van der Waals surface area contributed by atoms with Gasteiger partial charge >= 0.3 is 6.18 Å². The molecule has 6 heteroatoms. The quantitative estimate of drug-likeness (QED) is 0.696. The number of benzene rings is 1. The summed E-state index contributed by atoms with van der Waals surface area (Å²) in [5.74, 6) is -0.326. The molecule has 0 N–H and O–H groups in total. The van der Waals surface area contributed by atoms with Crippen molar-refractivity contribution in [2.75, 3.05) is 0 Å². The fourth-order valence-electron chi connectivity index (χ4n) is 2.85. The van der Waals surface area contributed by atoms with Crippen LogP contribution >= 0.6 is 15.9 Å². The van der Waals surface area contributed by atoms with E-state index in [1.54, 1.807) is 4.90 Å². The normalized spacial score (nSPS) is 23.2. The molecular formula is C15H17BrF3NO. The van der Waals surface area contributed by atoms with Crippen LogP contribution in [0.15, 0.2) is 22.7 Å². The first-order valence-electron chi connectivity index (χ1n) is 6.91. The summed E-state index contributed by atoms with van der Waals surface area (Å²) in [5.41, 5.74) is -0.725. The van der Waals surface area contributed by atoms with Gasteiger partial charge in [-0.3, -0.25) is 4.79 Å². The van der Waals surface area contributed by atoms with Crippen LogP contribution in [0, 0.1) is 0 Å². The van der Waals surface area contributed by atoms with E-state index in [1.807, 2.05) is 13.8 Å². The van der Waals surface area contributed by atoms with Crippen LogP contribution in [-0.4, -0.2) is 22.9 Å². The molecule has 0 radical (unpaired) electrons. The van der Waals surface area contributed by atoms with Crippen molar-refractivity contribution in [3.8, 4) is 0 Å². The number of nitrogens with zero attached hydrogens (tertiary/aromatic N) is 1. The maximum atomic E-state index is 12.9. The number of halogens is 4. The minimum Gasteiger partial charge on any atom is -0.333 e. The van der Waals surface area contributed by atoms with Crippen LogP contribution in [0.3, 0.4) is 0 Å². The molecule has 0 aromatic heterocycles. The molecule has 1 aromatic rings. The number of carbonyl (C=O) groups is 1. The molecular weight excluding hydrogens is 347 g/mol. The van der Waals surface area contributed by atoms with E-state index in [2.05, 4.69) is 15.9 Å². The highest BCUT2D eigenvalue weighted by Crippen LogP contribution is 2.36. The average Bonchev–Trinajstić information content (AvgIpc) is 2.37. The van der Waals surface area contributed by atoms with Crippen LogP contribution in [0.2, 0.25) is 0 Å². The maximum absolute atomic E-state index is 12.9. The number of amides is 1. The van der Waals surface area contributed by atoms with Crippen molar-refractivity contribution in [3.05, 3.63) is 33.8 Å². The summed E-state index contributed by atoms with van der Waals surface area (Å²) >= 11 is 2.89. The molecule has 0 saturated carbocycles. The Hall–Kier alpha value is -1.04. The molecule has 1 aliphatic heterocycles. The molecule has 2 atom stereocenters. The van der Waals surface area contributed by atoms with Crippen LogP contribution in [0.1, 0.15) is 49.0 Å². The number of hydrogen-bond acceptors (Lipinski definition) is 1. The van der Waals surface area contributed by atoms with Crippen LogP contribution in [-0.2, 0) is 6.18 Å². The van der Waals surface area contributed by atoms with Crippen LogP contribution in [0.25, 0.3) is 0 Å². The average molecular weight is 364 g/mol. The minimum absolute atomic E-state index is 0.0497. The lowest BCUT2D eigenvalue weighted by Gasteiger charge is -2.39. The number of carbonyl (C=O) groups excluding carboxylic acids is 1. The molecule has 2 rings (SSSR count). The topological polar surface area (TPSA) is 20.3 Å². The van der Waals surface area contributed by atoms with Gasteiger partial charge in [-0.1, -0.05) is 15.9 Å². The van der Waals surface area contributed by atoms with Crippen molar-refractivity contribution in [3.63, 3.8) is 0 Å². The summed E-state index contributed by atoms with van der Waals surface area (Å²) in [6.45, 7) is 3.88. The van der Waals surface area contributed by atoms with E-state index in [1.165, 1.54) is 12.1 Å². The largest absolute Gasteiger partial charge is 0.417 e. The van der Waals surface area contributed by atoms with Gasteiger partial charge in [-0.25, -0.2) is 0 Å². The van der Waals surface area contributed by atoms with E-state index < -0.39 is 11.7 Å². The second kappa shape index (κ2) is 5.99. The summed E-state index contributed by atoms with van der Waals surface area (Å²) in [6.07, 6.45) is -1.66. The smallest absolute Gasteiger partial charge is 0.333 e. The lowest BCUT2D eigenvalue weighted by molar-refractivity contribution is -0.138. The number of likely N-dealkylation sites (tertiary alicyclic amines) is 1. The van der Waals surface area contributed by atoms with E-state index in [0.29, 0.717) is 0 Å². The third-order valence-corrected chi connectivity index (χ3v) is 4.64. The summed E-state index contributed by atoms with van der Waals surface area (Å²) in [5, 5.41) is 0. The minimum atomic E-state index is -4.48. The number of piperidine rings is 1. The van der Waals surface area contributed by atoms with E-state index in [9.17, 15) is 18.0 Å². The van der Waals surface area contributed by atoms with Gasteiger partial charge in [0.1, 0.15) is 0 Å². The van der Waals surface area contributed by atoms with E-state index in [-0.39, 0.29) is 28.0 Å². The molecule has 2 nitrogen and oxygen atoms in total. The molecule has 1 saturated heterocycles. The summed E-state index contributed by atoms with van der Waals surface area (Å²) < 4.78 is 38.7. The highest BCUT2D eigenvalue weighted by Gasteiger charge is 2.35. The Labute approximate surface area is 130 Å². The SMILES string of the molecule is C[C@@H]1CCC[C@H](C)N1C(=O)c1ccc(Br)c(C(F)(F)F)c1. The zero-order chi connectivity index (χ0) is 15.8. The van der Waals surface area contributed by atoms with Crippen LogP contribution < -0.4 is 0 Å². The van der Waals surface area contributed by atoms with Gasteiger partial charge in [0, 0.05) is 22.1 Å². The molecule has 1 heterocycles. The molecule has 1 aliphatic rings. The van der Waals surface area contributed by atoms with E-state index in [0.717, 1.165) is 25.3 Å². The molecule has 0 bridgehead atoms. The van der Waals surface area contributed by atoms with E-state index in [4.69, 9.17) is 0 Å². The maximum Gasteiger partial charge on any atom is 0.417 e. The molecule has 0 unspecified atom stereocenters. The highest BCUT2D eigenvalue weighted by atomic mass is 79.9. The third kappa shape index (κ3) is 3.42. The van der Waals surface area contributed by atoms with Gasteiger partial charge in [0.25, 0.3) is 5.91 Å². The molecule has 1 fully saturated rings. The monoisotopic (exact) mass is 363 g/mol. The van der Waals surface area contributed by atoms with Crippen LogP contribution in [0.4, 0.5) is 13.2 Å². The number of rotatable bonds is 1. The third-order valence-electron chi connectivity index (χ3n) is 3.95. The number of hydrogen-bond donors (Lipinski definition) is 0. The van der Waals surface area contributed by atoms with Crippen LogP contribution in [0.5, 0.6) is 0 Å². The van der Waals surface area contributed by atoms with Gasteiger partial charge in [0.15, 0.2) is 0 Å². The standard InChI is InChI=1S/C15H17BrF3NO/c1-9-4-3-5-10(2)20(9)14(21)11-6-7-13(16)12(8-11)15(17,18)19/h6-10H,3-5H2,1-2H3/t9-,10+. The Kier molecular flexibility index (Phi) is 4.66. The predicted molar refractivity (Wildman–Crippen MR) is 78.1 cm³/mol. The van der Waals surface area contributed by atoms with Crippen molar-refractivity contribution >= 4 is 21.8 Å². The van der Waals surface area contributed by atoms with E-state index >= 15 is 0 Å². The Balaban J connectivity index is 2.35. The lowest BCUT2D eigenvalue weighted by atomic mass is 9.96. The van der Waals surface area contributed by atoms with Crippen molar-refractivity contribution in [2.45, 2.75) is 51.4 Å². The number of alkyl halides is 3. The Bertz CT molecular complexity index is 534. The zero-order valence-corrected chi connectivity index (χ0v) is 13.5. The predicted octanol–water partition coefficient (Wildman–Crippen LogP) is 4.87. The first-order chi connectivity index (χ1) is 9.71. The summed E-state index contributed by atoms with van der Waals surface area (Å²) in [6, 6.07) is 3.77. The Morgan fingerprint density at radius 3 is 2.33 bits per heavy atom. The van der Waals surface area contributed by atoms with Gasteiger partial charge in [-0.05, 0) is 51.3 Å². The highest BCUT2D eigenvalue weighted by molar-refractivity contribution is 9.10. The second-order valence-corrected chi connectivity index (χ2v) is 6.39. The Morgan fingerprint density at radius 1 is 1.24 bits per heavy atom. The van der Waals surface area contributed by atoms with Gasteiger partial charge < -0.3 is 4.90 Å². The first-order valence-corrected chi connectivity index (χ1v) is 7.70. The summed E-state index contributed by atoms with van der Waals surface area (Å²) in [7, 11) is 0. The zero-order valence-electron chi connectivity index (χ0n) is 11.9. The first kappa shape index (κ1) is 16.3. The molecule has 0 aliphatic carbocycles. The fraction of sp³-hybridized carbons (Fsp3) is 0.533. The Morgan fingerprint density at radius 2 is 1.81 bits per heavy atom. The van der Waals surface area contributed by atoms with Gasteiger partial charge in [0.2, 0.25) is 0 Å². The molecule has 116 valence electrons. The van der Waals surface area contributed by atoms with Crippen molar-refractivity contribution in [1.29, 1.82) is 0 Å². The second-order valence-electron chi connectivity index (χ2n) is 5.53. The van der Waals surface area contributed by atoms with Gasteiger partial charge in [-0.15, -0.1) is 0 Å². The fourth-order valence-corrected chi connectivity index (χ4v) is 3.32. The van der Waals surface area contributed by atoms with Crippen molar-refractivity contribution < 1.29 is 18.0 Å². The van der Waals surface area contributed by atoms with Gasteiger partial charge in [-0.2, -0.15) is 13.2 Å².